The summed E-state index contributed by atoms with van der Waals surface area (Å²) in [6, 6.07) is 16.2. The number of ether oxygens (including phenoxy) is 1. The molecule has 2 N–H and O–H groups in total. The average molecular weight is 417 g/mol. The van der Waals surface area contributed by atoms with Crippen LogP contribution in [0.25, 0.3) is 0 Å². The Kier molecular flexibility index (Phi) is 8.18. The van der Waals surface area contributed by atoms with Gasteiger partial charge in [0.2, 0.25) is 0 Å². The standard InChI is InChI=1S/C21H24N4O3.ClH/c1-14(22-2)13-18-23-21(28-25-18)19(15-7-5-4-6-8-15)24-20(26)16-9-11-17(27-3)12-10-16;/h4-12,14,19,22H,13H2,1-3H3,(H,24,26);1H. The van der Waals surface area contributed by atoms with Crippen molar-refractivity contribution in [3.63, 3.8) is 0 Å². The average Bonchev–Trinajstić information content (AvgIpc) is 3.20. The van der Waals surface area contributed by atoms with Gasteiger partial charge in [-0.2, -0.15) is 4.98 Å². The molecule has 2 unspecified atom stereocenters. The third-order valence-electron chi connectivity index (χ3n) is 4.47. The van der Waals surface area contributed by atoms with Crippen LogP contribution in [0.4, 0.5) is 0 Å². The molecule has 0 aliphatic carbocycles. The molecule has 3 aromatic rings. The number of hydrogen-bond acceptors (Lipinski definition) is 6. The number of carbonyl (C=O) groups excluding carboxylic acids is 1. The van der Waals surface area contributed by atoms with E-state index >= 15 is 0 Å². The molecule has 3 rings (SSSR count). The Hall–Kier alpha value is -2.90. The molecule has 0 aliphatic rings. The number of methoxy groups -OCH3 is 1. The summed E-state index contributed by atoms with van der Waals surface area (Å²) in [6.07, 6.45) is 0.633. The summed E-state index contributed by atoms with van der Waals surface area (Å²) in [7, 11) is 3.47. The van der Waals surface area contributed by atoms with Gasteiger partial charge in [0, 0.05) is 18.0 Å². The summed E-state index contributed by atoms with van der Waals surface area (Å²) in [5.74, 6) is 1.40. The lowest BCUT2D eigenvalue weighted by atomic mass is 10.1. The number of likely N-dealkylation sites (N-methyl/N-ethyl adjacent to an activating group) is 1. The molecule has 0 fully saturated rings. The fraction of sp³-hybridized carbons (Fsp3) is 0.286. The molecule has 1 aromatic heterocycles. The molecule has 2 aromatic carbocycles. The van der Waals surface area contributed by atoms with E-state index in [-0.39, 0.29) is 24.4 Å². The molecule has 1 amide bonds. The Morgan fingerprint density at radius 3 is 2.45 bits per heavy atom. The van der Waals surface area contributed by atoms with E-state index in [9.17, 15) is 4.79 Å². The van der Waals surface area contributed by atoms with Crippen LogP contribution in [0.2, 0.25) is 0 Å². The summed E-state index contributed by atoms with van der Waals surface area (Å²) >= 11 is 0. The Morgan fingerprint density at radius 2 is 1.83 bits per heavy atom. The van der Waals surface area contributed by atoms with Gasteiger partial charge >= 0.3 is 0 Å². The highest BCUT2D eigenvalue weighted by atomic mass is 35.5. The molecule has 29 heavy (non-hydrogen) atoms. The van der Waals surface area contributed by atoms with Crippen LogP contribution in [-0.4, -0.2) is 36.2 Å². The van der Waals surface area contributed by atoms with Gasteiger partial charge in [0.05, 0.1) is 7.11 Å². The van der Waals surface area contributed by atoms with Crippen LogP contribution in [0.3, 0.4) is 0 Å². The van der Waals surface area contributed by atoms with Gasteiger partial charge in [-0.25, -0.2) is 0 Å². The van der Waals surface area contributed by atoms with E-state index in [1.165, 1.54) is 0 Å². The van der Waals surface area contributed by atoms with Gasteiger partial charge in [-0.15, -0.1) is 12.4 Å². The van der Waals surface area contributed by atoms with Crippen LogP contribution in [-0.2, 0) is 6.42 Å². The third-order valence-corrected chi connectivity index (χ3v) is 4.47. The maximum atomic E-state index is 12.8. The van der Waals surface area contributed by atoms with E-state index in [1.807, 2.05) is 44.3 Å². The molecule has 2 atom stereocenters. The number of aromatic nitrogens is 2. The largest absolute Gasteiger partial charge is 0.497 e. The first kappa shape index (κ1) is 22.4. The summed E-state index contributed by atoms with van der Waals surface area (Å²) in [5, 5.41) is 10.2. The number of carbonyl (C=O) groups is 1. The van der Waals surface area contributed by atoms with E-state index in [2.05, 4.69) is 20.8 Å². The van der Waals surface area contributed by atoms with E-state index in [0.717, 1.165) is 5.56 Å². The number of rotatable bonds is 8. The molecular formula is C21H25ClN4O3. The predicted molar refractivity (Wildman–Crippen MR) is 113 cm³/mol. The number of benzene rings is 2. The minimum atomic E-state index is -0.540. The smallest absolute Gasteiger partial charge is 0.253 e. The summed E-state index contributed by atoms with van der Waals surface area (Å²) in [5.41, 5.74) is 1.38. The normalized spacial score (nSPS) is 12.5. The topological polar surface area (TPSA) is 89.3 Å². The lowest BCUT2D eigenvalue weighted by Gasteiger charge is -2.15. The molecule has 0 saturated heterocycles. The van der Waals surface area contributed by atoms with Crippen LogP contribution < -0.4 is 15.4 Å². The highest BCUT2D eigenvalue weighted by molar-refractivity contribution is 5.94. The predicted octanol–water partition coefficient (Wildman–Crippen LogP) is 3.17. The van der Waals surface area contributed by atoms with Crippen molar-refractivity contribution in [3.05, 3.63) is 77.4 Å². The minimum absolute atomic E-state index is 0. The zero-order valence-corrected chi connectivity index (χ0v) is 17.4. The molecule has 0 spiro atoms. The first-order valence-corrected chi connectivity index (χ1v) is 9.10. The second-order valence-corrected chi connectivity index (χ2v) is 6.49. The second-order valence-electron chi connectivity index (χ2n) is 6.49. The fourth-order valence-electron chi connectivity index (χ4n) is 2.73. The Labute approximate surface area is 176 Å². The Morgan fingerprint density at radius 1 is 1.14 bits per heavy atom. The lowest BCUT2D eigenvalue weighted by Crippen LogP contribution is -2.29. The molecule has 8 heteroatoms. The van der Waals surface area contributed by atoms with Crippen LogP contribution in [0.1, 0.15) is 40.6 Å². The first-order valence-electron chi connectivity index (χ1n) is 9.10. The molecule has 0 saturated carbocycles. The van der Waals surface area contributed by atoms with E-state index in [1.54, 1.807) is 31.4 Å². The summed E-state index contributed by atoms with van der Waals surface area (Å²) in [6.45, 7) is 2.04. The maximum absolute atomic E-state index is 12.8. The van der Waals surface area contributed by atoms with E-state index in [0.29, 0.717) is 29.4 Å². The quantitative estimate of drug-likeness (QED) is 0.586. The van der Waals surface area contributed by atoms with Crippen molar-refractivity contribution in [1.29, 1.82) is 0 Å². The van der Waals surface area contributed by atoms with Gasteiger partial charge in [0.1, 0.15) is 11.8 Å². The first-order chi connectivity index (χ1) is 13.6. The van der Waals surface area contributed by atoms with Crippen molar-refractivity contribution in [2.75, 3.05) is 14.2 Å². The van der Waals surface area contributed by atoms with E-state index < -0.39 is 6.04 Å². The van der Waals surface area contributed by atoms with Crippen LogP contribution in [0, 0.1) is 0 Å². The van der Waals surface area contributed by atoms with Crippen molar-refractivity contribution >= 4 is 18.3 Å². The van der Waals surface area contributed by atoms with Crippen molar-refractivity contribution in [3.8, 4) is 5.75 Å². The van der Waals surface area contributed by atoms with Gasteiger partial charge in [-0.05, 0) is 43.8 Å². The Bertz CT molecular complexity index is 900. The number of hydrogen-bond donors (Lipinski definition) is 2. The molecular weight excluding hydrogens is 392 g/mol. The zero-order chi connectivity index (χ0) is 19.9. The Balaban J connectivity index is 0.00000300. The lowest BCUT2D eigenvalue weighted by molar-refractivity contribution is 0.0936. The number of nitrogens with one attached hydrogen (secondary N) is 2. The minimum Gasteiger partial charge on any atom is -0.497 e. The maximum Gasteiger partial charge on any atom is 0.253 e. The summed E-state index contributed by atoms with van der Waals surface area (Å²) < 4.78 is 10.6. The van der Waals surface area contributed by atoms with Crippen molar-refractivity contribution in [2.45, 2.75) is 25.4 Å². The SMILES string of the molecule is CNC(C)Cc1noc(C(NC(=O)c2ccc(OC)cc2)c2ccccc2)n1.Cl. The van der Waals surface area contributed by atoms with Gasteiger partial charge in [-0.3, -0.25) is 4.79 Å². The van der Waals surface area contributed by atoms with Gasteiger partial charge in [0.15, 0.2) is 5.82 Å². The van der Waals surface area contributed by atoms with E-state index in [4.69, 9.17) is 9.26 Å². The number of nitrogens with zero attached hydrogens (tertiary/aromatic N) is 2. The molecule has 1 heterocycles. The molecule has 0 radical (unpaired) electrons. The number of halogens is 1. The summed E-state index contributed by atoms with van der Waals surface area (Å²) in [4.78, 5) is 17.3. The van der Waals surface area contributed by atoms with Gasteiger partial charge in [0.25, 0.3) is 11.8 Å². The van der Waals surface area contributed by atoms with Gasteiger partial charge < -0.3 is 19.9 Å². The monoisotopic (exact) mass is 416 g/mol. The zero-order valence-electron chi connectivity index (χ0n) is 16.6. The molecule has 7 nitrogen and oxygen atoms in total. The molecule has 0 aliphatic heterocycles. The molecule has 154 valence electrons. The van der Waals surface area contributed by atoms with Gasteiger partial charge in [-0.1, -0.05) is 35.5 Å². The fourth-order valence-corrected chi connectivity index (χ4v) is 2.73. The molecule has 0 bridgehead atoms. The van der Waals surface area contributed by atoms with Crippen LogP contribution >= 0.6 is 12.4 Å². The van der Waals surface area contributed by atoms with Crippen molar-refractivity contribution in [2.24, 2.45) is 0 Å². The third kappa shape index (κ3) is 5.79. The second kappa shape index (κ2) is 10.6. The van der Waals surface area contributed by atoms with Crippen molar-refractivity contribution in [1.82, 2.24) is 20.8 Å². The number of amides is 1. The highest BCUT2D eigenvalue weighted by Crippen LogP contribution is 2.22. The van der Waals surface area contributed by atoms with Crippen molar-refractivity contribution < 1.29 is 14.1 Å². The van der Waals surface area contributed by atoms with Crippen LogP contribution in [0.5, 0.6) is 5.75 Å². The van der Waals surface area contributed by atoms with Crippen LogP contribution in [0.15, 0.2) is 59.1 Å². The highest BCUT2D eigenvalue weighted by Gasteiger charge is 2.24.